The van der Waals surface area contributed by atoms with Crippen molar-refractivity contribution in [2.45, 2.75) is 39.0 Å². The van der Waals surface area contributed by atoms with Crippen LogP contribution in [0, 0.1) is 0 Å². The van der Waals surface area contributed by atoms with Crippen molar-refractivity contribution in [2.75, 3.05) is 23.8 Å². The van der Waals surface area contributed by atoms with Crippen LogP contribution in [-0.4, -0.2) is 37.0 Å². The van der Waals surface area contributed by atoms with Crippen molar-refractivity contribution in [2.24, 2.45) is 0 Å². The first kappa shape index (κ1) is 28.9. The molecule has 3 rings (SSSR count). The lowest BCUT2D eigenvalue weighted by Gasteiger charge is -2.09. The SMILES string of the molecule is CCCCOC(=O)c1ccc(NC(=O)CCCC(=O)OCC(=O)Nc2ccc(Oc3ccccc3)cc2)cc1. The van der Waals surface area contributed by atoms with Crippen molar-refractivity contribution in [3.05, 3.63) is 84.4 Å². The second kappa shape index (κ2) is 15.6. The number of unbranched alkanes of at least 4 members (excludes halogenated alkanes) is 1. The summed E-state index contributed by atoms with van der Waals surface area (Å²) < 4.78 is 15.9. The zero-order chi connectivity index (χ0) is 27.9. The van der Waals surface area contributed by atoms with Gasteiger partial charge in [0.05, 0.1) is 12.2 Å². The van der Waals surface area contributed by atoms with Crippen LogP contribution in [0.4, 0.5) is 11.4 Å². The van der Waals surface area contributed by atoms with E-state index in [2.05, 4.69) is 10.6 Å². The molecule has 3 aromatic carbocycles. The van der Waals surface area contributed by atoms with Crippen LogP contribution in [0.3, 0.4) is 0 Å². The van der Waals surface area contributed by atoms with Crippen LogP contribution in [0.5, 0.6) is 11.5 Å². The first-order chi connectivity index (χ1) is 18.9. The number of rotatable bonds is 14. The molecule has 0 spiro atoms. The van der Waals surface area contributed by atoms with Crippen LogP contribution in [-0.2, 0) is 23.9 Å². The number of anilines is 2. The number of hydrogen-bond donors (Lipinski definition) is 2. The fourth-order valence-corrected chi connectivity index (χ4v) is 3.35. The van der Waals surface area contributed by atoms with E-state index in [1.807, 2.05) is 37.3 Å². The molecule has 0 aromatic heterocycles. The molecule has 9 nitrogen and oxygen atoms in total. The molecule has 0 atom stereocenters. The predicted octanol–water partition coefficient (Wildman–Crippen LogP) is 5.73. The lowest BCUT2D eigenvalue weighted by atomic mass is 10.2. The third-order valence-corrected chi connectivity index (χ3v) is 5.40. The lowest BCUT2D eigenvalue weighted by molar-refractivity contribution is -0.147. The largest absolute Gasteiger partial charge is 0.462 e. The normalized spacial score (nSPS) is 10.3. The summed E-state index contributed by atoms with van der Waals surface area (Å²) in [5, 5.41) is 5.36. The number of nitrogens with one attached hydrogen (secondary N) is 2. The summed E-state index contributed by atoms with van der Waals surface area (Å²) in [7, 11) is 0. The Kier molecular flexibility index (Phi) is 11.5. The van der Waals surface area contributed by atoms with Gasteiger partial charge in [0.2, 0.25) is 5.91 Å². The Morgan fingerprint density at radius 2 is 1.28 bits per heavy atom. The zero-order valence-electron chi connectivity index (χ0n) is 21.8. The quantitative estimate of drug-likeness (QED) is 0.201. The maximum absolute atomic E-state index is 12.2. The molecule has 0 radical (unpaired) electrons. The van der Waals surface area contributed by atoms with Crippen LogP contribution < -0.4 is 15.4 Å². The van der Waals surface area contributed by atoms with E-state index >= 15 is 0 Å². The molecule has 3 aromatic rings. The number of carbonyl (C=O) groups is 4. The summed E-state index contributed by atoms with van der Waals surface area (Å²) in [6, 6.07) is 22.5. The second-order valence-electron chi connectivity index (χ2n) is 8.62. The summed E-state index contributed by atoms with van der Waals surface area (Å²) in [5.41, 5.74) is 1.48. The van der Waals surface area contributed by atoms with Gasteiger partial charge in [-0.3, -0.25) is 14.4 Å². The number of benzene rings is 3. The first-order valence-electron chi connectivity index (χ1n) is 12.8. The molecule has 0 saturated carbocycles. The Bertz CT molecular complexity index is 1230. The molecule has 0 aliphatic heterocycles. The van der Waals surface area contributed by atoms with Crippen molar-refractivity contribution >= 4 is 35.1 Å². The van der Waals surface area contributed by atoms with E-state index < -0.39 is 24.5 Å². The Balaban J connectivity index is 1.29. The van der Waals surface area contributed by atoms with Gasteiger partial charge in [0.15, 0.2) is 6.61 Å². The molecule has 204 valence electrons. The highest BCUT2D eigenvalue weighted by Gasteiger charge is 2.11. The maximum Gasteiger partial charge on any atom is 0.338 e. The Morgan fingerprint density at radius 1 is 0.667 bits per heavy atom. The summed E-state index contributed by atoms with van der Waals surface area (Å²) in [4.78, 5) is 48.1. The van der Waals surface area contributed by atoms with Crippen LogP contribution in [0.1, 0.15) is 49.4 Å². The van der Waals surface area contributed by atoms with E-state index in [0.29, 0.717) is 35.0 Å². The second-order valence-corrected chi connectivity index (χ2v) is 8.62. The summed E-state index contributed by atoms with van der Waals surface area (Å²) in [5.74, 6) is -0.410. The highest BCUT2D eigenvalue weighted by Crippen LogP contribution is 2.22. The summed E-state index contributed by atoms with van der Waals surface area (Å²) in [6.45, 7) is 1.96. The monoisotopic (exact) mass is 532 g/mol. The molecule has 0 aliphatic carbocycles. The van der Waals surface area contributed by atoms with Crippen LogP contribution in [0.2, 0.25) is 0 Å². The standard InChI is InChI=1S/C30H32N2O7/c1-2-3-20-37-30(36)22-12-14-23(15-13-22)31-27(33)10-7-11-29(35)38-21-28(34)32-24-16-18-26(19-17-24)39-25-8-5-4-6-9-25/h4-6,8-9,12-19H,2-3,7,10-11,20-21H2,1H3,(H,31,33)(H,32,34). The number of ether oxygens (including phenoxy) is 3. The number of hydrogen-bond acceptors (Lipinski definition) is 7. The Labute approximate surface area is 227 Å². The van der Waals surface area contributed by atoms with E-state index in [1.165, 1.54) is 0 Å². The Morgan fingerprint density at radius 3 is 1.95 bits per heavy atom. The van der Waals surface area contributed by atoms with Crippen molar-refractivity contribution in [1.29, 1.82) is 0 Å². The number of esters is 2. The topological polar surface area (TPSA) is 120 Å². The molecule has 9 heteroatoms. The van der Waals surface area contributed by atoms with E-state index in [1.54, 1.807) is 48.5 Å². The van der Waals surface area contributed by atoms with Gasteiger partial charge in [-0.15, -0.1) is 0 Å². The van der Waals surface area contributed by atoms with Crippen molar-refractivity contribution < 1.29 is 33.4 Å². The third kappa shape index (κ3) is 10.7. The van der Waals surface area contributed by atoms with Gasteiger partial charge in [0.1, 0.15) is 11.5 Å². The van der Waals surface area contributed by atoms with E-state index in [-0.39, 0.29) is 25.2 Å². The summed E-state index contributed by atoms with van der Waals surface area (Å²) >= 11 is 0. The molecule has 0 aliphatic rings. The molecule has 2 N–H and O–H groups in total. The molecular formula is C30H32N2O7. The van der Waals surface area contributed by atoms with Crippen molar-refractivity contribution in [3.63, 3.8) is 0 Å². The molecule has 39 heavy (non-hydrogen) atoms. The van der Waals surface area contributed by atoms with Gasteiger partial charge in [0.25, 0.3) is 5.91 Å². The van der Waals surface area contributed by atoms with Crippen LogP contribution in [0.15, 0.2) is 78.9 Å². The number of carbonyl (C=O) groups excluding carboxylic acids is 4. The molecule has 0 bridgehead atoms. The van der Waals surface area contributed by atoms with E-state index in [9.17, 15) is 19.2 Å². The van der Waals surface area contributed by atoms with Gasteiger partial charge < -0.3 is 24.8 Å². The van der Waals surface area contributed by atoms with Crippen molar-refractivity contribution in [3.8, 4) is 11.5 Å². The average molecular weight is 533 g/mol. The van der Waals surface area contributed by atoms with Crippen LogP contribution in [0.25, 0.3) is 0 Å². The minimum Gasteiger partial charge on any atom is -0.462 e. The van der Waals surface area contributed by atoms with Crippen LogP contribution >= 0.6 is 0 Å². The maximum atomic E-state index is 12.2. The smallest absolute Gasteiger partial charge is 0.338 e. The average Bonchev–Trinajstić information content (AvgIpc) is 2.94. The molecule has 0 unspecified atom stereocenters. The van der Waals surface area contributed by atoms with E-state index in [4.69, 9.17) is 14.2 Å². The lowest BCUT2D eigenvalue weighted by Crippen LogP contribution is -2.21. The molecule has 2 amide bonds. The highest BCUT2D eigenvalue weighted by atomic mass is 16.5. The predicted molar refractivity (Wildman–Crippen MR) is 147 cm³/mol. The van der Waals surface area contributed by atoms with Gasteiger partial charge in [0, 0.05) is 24.2 Å². The van der Waals surface area contributed by atoms with Gasteiger partial charge >= 0.3 is 11.9 Å². The third-order valence-electron chi connectivity index (χ3n) is 5.40. The minimum atomic E-state index is -0.574. The van der Waals surface area contributed by atoms with Gasteiger partial charge in [-0.25, -0.2) is 4.79 Å². The fraction of sp³-hybridized carbons (Fsp3) is 0.267. The molecule has 0 heterocycles. The van der Waals surface area contributed by atoms with Gasteiger partial charge in [-0.1, -0.05) is 31.5 Å². The minimum absolute atomic E-state index is 0.00520. The molecule has 0 fully saturated rings. The fourth-order valence-electron chi connectivity index (χ4n) is 3.35. The van der Waals surface area contributed by atoms with Gasteiger partial charge in [-0.05, 0) is 73.5 Å². The summed E-state index contributed by atoms with van der Waals surface area (Å²) in [6.07, 6.45) is 2.10. The van der Waals surface area contributed by atoms with Crippen molar-refractivity contribution in [1.82, 2.24) is 0 Å². The number of para-hydroxylation sites is 1. The Hall–Kier alpha value is -4.66. The first-order valence-corrected chi connectivity index (χ1v) is 12.8. The molecular weight excluding hydrogens is 500 g/mol. The zero-order valence-corrected chi connectivity index (χ0v) is 21.8. The number of amides is 2. The highest BCUT2D eigenvalue weighted by molar-refractivity contribution is 5.94. The van der Waals surface area contributed by atoms with Gasteiger partial charge in [-0.2, -0.15) is 0 Å². The van der Waals surface area contributed by atoms with E-state index in [0.717, 1.165) is 12.8 Å². The molecule has 0 saturated heterocycles.